The molecule has 0 radical (unpaired) electrons. The van der Waals surface area contributed by atoms with Crippen LogP contribution in [-0.2, 0) is 4.74 Å². The van der Waals surface area contributed by atoms with Crippen LogP contribution >= 0.6 is 0 Å². The predicted octanol–water partition coefficient (Wildman–Crippen LogP) is -1.26. The Hall–Kier alpha value is -2.06. The third-order valence-corrected chi connectivity index (χ3v) is 4.17. The first kappa shape index (κ1) is 18.7. The van der Waals surface area contributed by atoms with Crippen LogP contribution in [0.4, 0.5) is 19.0 Å². The number of hydrogen-bond acceptors (Lipinski definition) is 9. The summed E-state index contributed by atoms with van der Waals surface area (Å²) in [4.78, 5) is 11.8. The minimum absolute atomic E-state index is 0.0574. The van der Waals surface area contributed by atoms with Gasteiger partial charge in [0.1, 0.15) is 18.5 Å². The Morgan fingerprint density at radius 2 is 2.08 bits per heavy atom. The first-order valence-corrected chi connectivity index (χ1v) is 7.60. The number of nitrogens with zero attached hydrogens (tertiary/aromatic N) is 4. The number of rotatable bonds is 5. The summed E-state index contributed by atoms with van der Waals surface area (Å²) >= 11 is 0. The monoisotopic (exact) mass is 378 g/mol. The molecule has 3 heterocycles. The second-order valence-corrected chi connectivity index (χ2v) is 5.74. The van der Waals surface area contributed by atoms with Crippen molar-refractivity contribution in [2.45, 2.75) is 30.2 Å². The molecule has 26 heavy (non-hydrogen) atoms. The molecule has 0 unspecified atom stereocenters. The van der Waals surface area contributed by atoms with Crippen molar-refractivity contribution in [3.05, 3.63) is 12.7 Å². The smallest absolute Gasteiger partial charge is 0.394 e. The van der Waals surface area contributed by atoms with Gasteiger partial charge in [-0.1, -0.05) is 0 Å². The Labute approximate surface area is 144 Å². The largest absolute Gasteiger partial charge is 0.424 e. The lowest BCUT2D eigenvalue weighted by Crippen LogP contribution is -2.57. The molecule has 144 valence electrons. The number of aliphatic hydroxyl groups excluding tert-OH is 2. The zero-order valence-electron chi connectivity index (χ0n) is 13.3. The van der Waals surface area contributed by atoms with Crippen LogP contribution in [0.2, 0.25) is 0 Å². The molecule has 0 spiro atoms. The molecule has 3 rings (SSSR count). The molecule has 1 aliphatic heterocycles. The number of nitrogens with one attached hydrogen (secondary N) is 1. The van der Waals surface area contributed by atoms with Gasteiger partial charge < -0.3 is 31.1 Å². The van der Waals surface area contributed by atoms with E-state index in [9.17, 15) is 23.4 Å². The fourth-order valence-electron chi connectivity index (χ4n) is 2.84. The van der Waals surface area contributed by atoms with Gasteiger partial charge >= 0.3 is 6.18 Å². The minimum atomic E-state index is -5.24. The van der Waals surface area contributed by atoms with Gasteiger partial charge in [-0.25, -0.2) is 15.0 Å². The topological polar surface area (TPSA) is 152 Å². The van der Waals surface area contributed by atoms with Crippen LogP contribution in [0.3, 0.4) is 0 Å². The molecular formula is C13H17F3N6O4. The second kappa shape index (κ2) is 6.59. The van der Waals surface area contributed by atoms with Crippen molar-refractivity contribution in [1.82, 2.24) is 19.5 Å². The normalized spacial score (nSPS) is 29.4. The van der Waals surface area contributed by atoms with Crippen LogP contribution in [0.5, 0.6) is 0 Å². The summed E-state index contributed by atoms with van der Waals surface area (Å²) in [6.07, 6.45) is -9.29. The zero-order valence-corrected chi connectivity index (χ0v) is 13.3. The predicted molar refractivity (Wildman–Crippen MR) is 80.9 cm³/mol. The van der Waals surface area contributed by atoms with Gasteiger partial charge in [-0.05, 0) is 0 Å². The maximum Gasteiger partial charge on any atom is 0.424 e. The highest BCUT2D eigenvalue weighted by Gasteiger charge is 2.70. The summed E-state index contributed by atoms with van der Waals surface area (Å²) in [5, 5.41) is 32.2. The molecule has 2 aromatic heterocycles. The number of aromatic nitrogens is 4. The number of aliphatic hydroxyl groups is 3. The van der Waals surface area contributed by atoms with Crippen molar-refractivity contribution in [2.24, 2.45) is 5.73 Å². The van der Waals surface area contributed by atoms with Crippen molar-refractivity contribution in [2.75, 3.05) is 25.0 Å². The first-order valence-electron chi connectivity index (χ1n) is 7.60. The number of fused-ring (bicyclic) bond motifs is 1. The maximum atomic E-state index is 13.5. The lowest BCUT2D eigenvalue weighted by atomic mass is 9.93. The average Bonchev–Trinajstić information content (AvgIpc) is 3.13. The van der Waals surface area contributed by atoms with Crippen molar-refractivity contribution in [3.8, 4) is 0 Å². The highest BCUT2D eigenvalue weighted by molar-refractivity contribution is 5.82. The second-order valence-electron chi connectivity index (χ2n) is 5.74. The van der Waals surface area contributed by atoms with E-state index in [1.807, 2.05) is 0 Å². The summed E-state index contributed by atoms with van der Waals surface area (Å²) in [6.45, 7) is -0.284. The van der Waals surface area contributed by atoms with Crippen LogP contribution < -0.4 is 11.1 Å². The number of halogens is 3. The molecule has 0 aliphatic carbocycles. The molecule has 13 heteroatoms. The fraction of sp³-hybridized carbons (Fsp3) is 0.615. The average molecular weight is 378 g/mol. The van der Waals surface area contributed by atoms with Crippen molar-refractivity contribution in [1.29, 1.82) is 0 Å². The Morgan fingerprint density at radius 1 is 1.35 bits per heavy atom. The third-order valence-electron chi connectivity index (χ3n) is 4.17. The van der Waals surface area contributed by atoms with Crippen molar-refractivity contribution >= 4 is 17.0 Å². The number of ether oxygens (including phenoxy) is 1. The molecule has 0 amide bonds. The molecule has 0 aromatic carbocycles. The van der Waals surface area contributed by atoms with E-state index >= 15 is 0 Å². The molecule has 2 aromatic rings. The molecule has 4 atom stereocenters. The highest BCUT2D eigenvalue weighted by Crippen LogP contribution is 2.49. The van der Waals surface area contributed by atoms with Crippen molar-refractivity contribution in [3.63, 3.8) is 0 Å². The Bertz CT molecular complexity index is 787. The van der Waals surface area contributed by atoms with Gasteiger partial charge in [-0.2, -0.15) is 13.2 Å². The molecule has 0 saturated carbocycles. The van der Waals surface area contributed by atoms with E-state index in [0.717, 1.165) is 17.2 Å². The van der Waals surface area contributed by atoms with Gasteiger partial charge in [0.25, 0.3) is 0 Å². The van der Waals surface area contributed by atoms with Crippen LogP contribution in [0.25, 0.3) is 11.2 Å². The summed E-state index contributed by atoms with van der Waals surface area (Å²) in [5.74, 6) is 0.243. The molecule has 6 N–H and O–H groups in total. The number of alkyl halides is 3. The first-order chi connectivity index (χ1) is 12.3. The van der Waals surface area contributed by atoms with E-state index in [2.05, 4.69) is 20.3 Å². The summed E-state index contributed by atoms with van der Waals surface area (Å²) in [5.41, 5.74) is 1.81. The van der Waals surface area contributed by atoms with E-state index in [4.69, 9.17) is 15.6 Å². The lowest BCUT2D eigenvalue weighted by molar-refractivity contribution is -0.303. The Kier molecular flexibility index (Phi) is 4.74. The van der Waals surface area contributed by atoms with Gasteiger partial charge in [0.05, 0.1) is 12.9 Å². The van der Waals surface area contributed by atoms with E-state index in [0.29, 0.717) is 6.54 Å². The van der Waals surface area contributed by atoms with Gasteiger partial charge in [0, 0.05) is 13.1 Å². The van der Waals surface area contributed by atoms with Crippen molar-refractivity contribution < 1.29 is 33.2 Å². The van der Waals surface area contributed by atoms with Crippen LogP contribution in [-0.4, -0.2) is 78.5 Å². The lowest BCUT2D eigenvalue weighted by Gasteiger charge is -2.33. The summed E-state index contributed by atoms with van der Waals surface area (Å²) < 4.78 is 46.5. The number of hydrogen-bond donors (Lipinski definition) is 5. The molecule has 1 fully saturated rings. The molecular weight excluding hydrogens is 361 g/mol. The fourth-order valence-corrected chi connectivity index (χ4v) is 2.84. The molecule has 10 nitrogen and oxygen atoms in total. The number of anilines is 1. The molecule has 1 saturated heterocycles. The Morgan fingerprint density at radius 3 is 2.69 bits per heavy atom. The third kappa shape index (κ3) is 2.68. The van der Waals surface area contributed by atoms with Crippen LogP contribution in [0.1, 0.15) is 6.23 Å². The van der Waals surface area contributed by atoms with Gasteiger partial charge in [0.15, 0.2) is 23.2 Å². The summed E-state index contributed by atoms with van der Waals surface area (Å²) in [7, 11) is 0. The zero-order chi connectivity index (χ0) is 19.1. The van der Waals surface area contributed by atoms with E-state index in [1.165, 1.54) is 0 Å². The van der Waals surface area contributed by atoms with E-state index in [1.54, 1.807) is 0 Å². The quantitative estimate of drug-likeness (QED) is 0.429. The highest BCUT2D eigenvalue weighted by atomic mass is 19.4. The standard InChI is InChI=1S/C13H17F3N6O4/c14-13(15,16)12(25)8(24)6(3-23)26-11(12)22-5-21-7-9(18-2-1-17)19-4-20-10(7)22/h4-6,8,11,23-25H,1-3,17H2,(H,18,19,20)/t6-,8-,11-,12-/m1/s1. The number of nitrogens with two attached hydrogens (primary N) is 1. The number of imidazole rings is 1. The van der Waals surface area contributed by atoms with Gasteiger partial charge in [0.2, 0.25) is 5.60 Å². The summed E-state index contributed by atoms with van der Waals surface area (Å²) in [6, 6.07) is 0. The molecule has 1 aliphatic rings. The van der Waals surface area contributed by atoms with Crippen LogP contribution in [0.15, 0.2) is 12.7 Å². The SMILES string of the molecule is NCCNc1ncnc2c1ncn2[C@@H]1O[C@H](CO)[C@@H](O)[C@]1(O)C(F)(F)F. The Balaban J connectivity index is 2.10. The maximum absolute atomic E-state index is 13.5. The minimum Gasteiger partial charge on any atom is -0.394 e. The van der Waals surface area contributed by atoms with E-state index < -0.39 is 36.8 Å². The van der Waals surface area contributed by atoms with Crippen LogP contribution in [0, 0.1) is 0 Å². The van der Waals surface area contributed by atoms with E-state index in [-0.39, 0.29) is 23.5 Å². The van der Waals surface area contributed by atoms with Gasteiger partial charge in [-0.15, -0.1) is 0 Å². The van der Waals surface area contributed by atoms with Gasteiger partial charge in [-0.3, -0.25) is 4.57 Å². The molecule has 0 bridgehead atoms.